The zero-order valence-corrected chi connectivity index (χ0v) is 20.2. The Kier molecular flexibility index (Phi) is 8.35. The minimum absolute atomic E-state index is 0.0300. The number of benzene rings is 2. The lowest BCUT2D eigenvalue weighted by Gasteiger charge is -2.29. The molecule has 0 saturated heterocycles. The van der Waals surface area contributed by atoms with E-state index in [1.165, 1.54) is 49.9 Å². The van der Waals surface area contributed by atoms with Crippen LogP contribution in [0.3, 0.4) is 0 Å². The average Bonchev–Trinajstić information content (AvgIpc) is 2.84. The van der Waals surface area contributed by atoms with Gasteiger partial charge in [0.1, 0.15) is 22.9 Å². The molecule has 1 nitrogen and oxygen atoms in total. The van der Waals surface area contributed by atoms with Crippen molar-refractivity contribution in [3.63, 3.8) is 0 Å². The smallest absolute Gasteiger partial charge is 0.429 e. The quantitative estimate of drug-likeness (QED) is 0.280. The summed E-state index contributed by atoms with van der Waals surface area (Å²) in [7, 11) is 0. The molecular formula is C30H34F4O. The van der Waals surface area contributed by atoms with Crippen LogP contribution >= 0.6 is 0 Å². The molecule has 35 heavy (non-hydrogen) atoms. The summed E-state index contributed by atoms with van der Waals surface area (Å²) in [6.07, 6.45) is 13.5. The number of hydrogen-bond acceptors (Lipinski definition) is 1. The molecule has 5 heteroatoms. The van der Waals surface area contributed by atoms with Gasteiger partial charge in [0.2, 0.25) is 0 Å². The van der Waals surface area contributed by atoms with E-state index in [9.17, 15) is 17.6 Å². The summed E-state index contributed by atoms with van der Waals surface area (Å²) in [5.74, 6) is -0.887. The largest absolute Gasteiger partial charge is 0.432 e. The lowest BCUT2D eigenvalue weighted by molar-refractivity contribution is -0.189. The Morgan fingerprint density at radius 2 is 1.23 bits per heavy atom. The summed E-state index contributed by atoms with van der Waals surface area (Å²) < 4.78 is 63.2. The summed E-state index contributed by atoms with van der Waals surface area (Å²) in [5.41, 5.74) is -0.894. The molecule has 0 unspecified atom stereocenters. The maximum Gasteiger partial charge on any atom is 0.432 e. The minimum atomic E-state index is -4.11. The Hall–Kier alpha value is -2.56. The Bertz CT molecular complexity index is 991. The number of ether oxygens (including phenoxy) is 1. The second-order valence-electron chi connectivity index (χ2n) is 9.99. The topological polar surface area (TPSA) is 9.23 Å². The van der Waals surface area contributed by atoms with Gasteiger partial charge in [0.05, 0.1) is 0 Å². The van der Waals surface area contributed by atoms with Gasteiger partial charge in [0.15, 0.2) is 0 Å². The molecule has 2 saturated carbocycles. The second-order valence-corrected chi connectivity index (χ2v) is 9.99. The third-order valence-electron chi connectivity index (χ3n) is 7.52. The molecule has 188 valence electrons. The number of hydrogen-bond donors (Lipinski definition) is 0. The van der Waals surface area contributed by atoms with E-state index in [1.807, 2.05) is 0 Å². The fourth-order valence-electron chi connectivity index (χ4n) is 5.56. The number of alkyl halides is 2. The third-order valence-corrected chi connectivity index (χ3v) is 7.52. The highest BCUT2D eigenvalue weighted by Crippen LogP contribution is 2.41. The van der Waals surface area contributed by atoms with Crippen molar-refractivity contribution < 1.29 is 22.3 Å². The van der Waals surface area contributed by atoms with Crippen LogP contribution in [0, 0.1) is 29.4 Å². The van der Waals surface area contributed by atoms with E-state index in [2.05, 4.69) is 36.0 Å². The van der Waals surface area contributed by atoms with Crippen LogP contribution in [-0.4, -0.2) is 0 Å². The maximum atomic E-state index is 14.7. The van der Waals surface area contributed by atoms with Gasteiger partial charge in [-0.3, -0.25) is 0 Å². The van der Waals surface area contributed by atoms with Crippen LogP contribution in [-0.2, 0) is 6.11 Å². The van der Waals surface area contributed by atoms with E-state index in [-0.39, 0.29) is 11.7 Å². The van der Waals surface area contributed by atoms with Crippen molar-refractivity contribution in [3.05, 3.63) is 89.5 Å². The summed E-state index contributed by atoms with van der Waals surface area (Å²) in [6.45, 7) is 2.08. The zero-order chi connectivity index (χ0) is 24.8. The van der Waals surface area contributed by atoms with Gasteiger partial charge in [-0.25, -0.2) is 8.78 Å². The Morgan fingerprint density at radius 1 is 0.743 bits per heavy atom. The highest BCUT2D eigenvalue weighted by Gasteiger charge is 2.41. The molecule has 0 atom stereocenters. The van der Waals surface area contributed by atoms with Gasteiger partial charge >= 0.3 is 6.11 Å². The normalized spacial score (nSPS) is 25.9. The molecule has 0 radical (unpaired) electrons. The first-order valence-corrected chi connectivity index (χ1v) is 12.8. The number of allylic oxidation sites excluding steroid dienone is 4. The first-order valence-electron chi connectivity index (χ1n) is 12.8. The predicted octanol–water partition coefficient (Wildman–Crippen LogP) is 9.31. The molecule has 2 aliphatic carbocycles. The average molecular weight is 487 g/mol. The predicted molar refractivity (Wildman–Crippen MR) is 131 cm³/mol. The van der Waals surface area contributed by atoms with Crippen molar-refractivity contribution in [2.24, 2.45) is 17.8 Å². The molecule has 0 aliphatic heterocycles. The van der Waals surface area contributed by atoms with Crippen LogP contribution in [0.5, 0.6) is 5.75 Å². The molecular weight excluding hydrogens is 452 g/mol. The standard InChI is InChI=1S/C30H34F4O/c1-2-6-21-9-11-22(12-10-21)13-14-23-15-17-24(18-16-23)25-19-27(31)29(28(32)20-25)30(33,34)35-26-7-4-3-5-8-26/h2-8,13-14,19-24H,9-12,15-18H2,1H3/b6-2+,14-13+. The van der Waals surface area contributed by atoms with Gasteiger partial charge in [-0.05, 0) is 112 Å². The summed E-state index contributed by atoms with van der Waals surface area (Å²) in [4.78, 5) is 0. The summed E-state index contributed by atoms with van der Waals surface area (Å²) in [5, 5.41) is 0. The van der Waals surface area contributed by atoms with Crippen molar-refractivity contribution in [1.82, 2.24) is 0 Å². The highest BCUT2D eigenvalue weighted by atomic mass is 19.3. The first-order chi connectivity index (χ1) is 16.9. The fraction of sp³-hybridized carbons (Fsp3) is 0.467. The van der Waals surface area contributed by atoms with Crippen molar-refractivity contribution in [1.29, 1.82) is 0 Å². The van der Waals surface area contributed by atoms with Gasteiger partial charge < -0.3 is 4.74 Å². The Labute approximate surface area is 205 Å². The molecule has 4 rings (SSSR count). The van der Waals surface area contributed by atoms with Crippen LogP contribution in [0.15, 0.2) is 66.8 Å². The van der Waals surface area contributed by atoms with Crippen LogP contribution in [0.2, 0.25) is 0 Å². The summed E-state index contributed by atoms with van der Waals surface area (Å²) in [6, 6.07) is 9.43. The molecule has 0 spiro atoms. The van der Waals surface area contributed by atoms with E-state index in [4.69, 9.17) is 0 Å². The molecule has 0 amide bonds. The van der Waals surface area contributed by atoms with Crippen molar-refractivity contribution >= 4 is 0 Å². The molecule has 2 aromatic rings. The fourth-order valence-corrected chi connectivity index (χ4v) is 5.56. The molecule has 0 aromatic heterocycles. The van der Waals surface area contributed by atoms with E-state index in [1.54, 1.807) is 6.07 Å². The molecule has 0 bridgehead atoms. The van der Waals surface area contributed by atoms with Gasteiger partial charge in [0, 0.05) is 0 Å². The number of rotatable bonds is 7. The second kappa shape index (κ2) is 11.5. The molecule has 2 fully saturated rings. The lowest BCUT2D eigenvalue weighted by atomic mass is 9.77. The van der Waals surface area contributed by atoms with Gasteiger partial charge in [-0.1, -0.05) is 42.5 Å². The minimum Gasteiger partial charge on any atom is -0.429 e. The van der Waals surface area contributed by atoms with Crippen molar-refractivity contribution in [2.45, 2.75) is 70.3 Å². The van der Waals surface area contributed by atoms with Crippen molar-refractivity contribution in [2.75, 3.05) is 0 Å². The van der Waals surface area contributed by atoms with E-state index < -0.39 is 23.3 Å². The lowest BCUT2D eigenvalue weighted by Crippen LogP contribution is -2.25. The third kappa shape index (κ3) is 6.56. The molecule has 0 N–H and O–H groups in total. The number of halogens is 4. The van der Waals surface area contributed by atoms with Crippen LogP contribution in [0.1, 0.15) is 75.3 Å². The Balaban J connectivity index is 1.34. The van der Waals surface area contributed by atoms with E-state index >= 15 is 0 Å². The van der Waals surface area contributed by atoms with E-state index in [0.29, 0.717) is 17.4 Å². The monoisotopic (exact) mass is 486 g/mol. The van der Waals surface area contributed by atoms with Crippen molar-refractivity contribution in [3.8, 4) is 5.75 Å². The summed E-state index contributed by atoms with van der Waals surface area (Å²) >= 11 is 0. The van der Waals surface area contributed by atoms with Gasteiger partial charge in [-0.15, -0.1) is 0 Å². The van der Waals surface area contributed by atoms with Crippen LogP contribution in [0.4, 0.5) is 17.6 Å². The van der Waals surface area contributed by atoms with Crippen LogP contribution in [0.25, 0.3) is 0 Å². The maximum absolute atomic E-state index is 14.7. The zero-order valence-electron chi connectivity index (χ0n) is 20.2. The van der Waals surface area contributed by atoms with Gasteiger partial charge in [-0.2, -0.15) is 8.78 Å². The molecule has 0 heterocycles. The van der Waals surface area contributed by atoms with E-state index in [0.717, 1.165) is 43.7 Å². The number of para-hydroxylation sites is 1. The highest BCUT2D eigenvalue weighted by molar-refractivity contribution is 5.32. The molecule has 2 aliphatic rings. The Morgan fingerprint density at radius 3 is 1.74 bits per heavy atom. The van der Waals surface area contributed by atoms with Gasteiger partial charge in [0.25, 0.3) is 0 Å². The first kappa shape index (κ1) is 25.5. The molecule has 2 aromatic carbocycles. The van der Waals surface area contributed by atoms with Crippen LogP contribution < -0.4 is 4.74 Å². The SMILES string of the molecule is C/C=C/C1CCC(/C=C/C2CCC(c3cc(F)c(C(F)(F)Oc4ccccc4)c(F)c3)CC2)CC1.